The Morgan fingerprint density at radius 3 is 2.37 bits per heavy atom. The summed E-state index contributed by atoms with van der Waals surface area (Å²) in [6, 6.07) is 15.1. The molecule has 1 aliphatic rings. The first-order valence-corrected chi connectivity index (χ1v) is 12.2. The van der Waals surface area contributed by atoms with Gasteiger partial charge >= 0.3 is 12.2 Å². The first-order chi connectivity index (χ1) is 16.6. The Kier molecular flexibility index (Phi) is 8.84. The molecule has 0 unspecified atom stereocenters. The minimum atomic E-state index is -0.370. The molecule has 1 heterocycles. The first-order valence-electron chi connectivity index (χ1n) is 12.2. The van der Waals surface area contributed by atoms with Crippen LogP contribution in [-0.2, 0) is 22.6 Å². The summed E-state index contributed by atoms with van der Waals surface area (Å²) < 4.78 is 10.9. The summed E-state index contributed by atoms with van der Waals surface area (Å²) in [7, 11) is 0. The molecular formula is C27H38N4O4. The topological polar surface area (TPSA) is 97.1 Å². The van der Waals surface area contributed by atoms with Crippen molar-refractivity contribution in [2.24, 2.45) is 5.41 Å². The van der Waals surface area contributed by atoms with E-state index < -0.39 is 0 Å². The summed E-state index contributed by atoms with van der Waals surface area (Å²) in [4.78, 5) is 28.6. The van der Waals surface area contributed by atoms with Gasteiger partial charge in [0, 0.05) is 25.7 Å². The zero-order chi connectivity index (χ0) is 25.4. The standard InChI is InChI=1S/C27H38N4O4/c1-20(27(2,3)4)31(26(33)34-18-21-10-6-5-7-11-21)17-22-12-13-24(23(28)16-22)29-19-35-25(32)30-14-8-9-15-30/h5-7,10-13,16,20,29H,8-9,14-15,17-19,28H2,1-4H3/t20-/m0/s1. The number of anilines is 2. The molecule has 2 aromatic rings. The first kappa shape index (κ1) is 26.2. The van der Waals surface area contributed by atoms with E-state index in [1.165, 1.54) is 0 Å². The minimum Gasteiger partial charge on any atom is -0.445 e. The highest BCUT2D eigenvalue weighted by atomic mass is 16.6. The molecule has 8 nitrogen and oxygen atoms in total. The molecule has 0 aliphatic carbocycles. The highest BCUT2D eigenvalue weighted by Crippen LogP contribution is 2.28. The van der Waals surface area contributed by atoms with E-state index in [2.05, 4.69) is 26.1 Å². The average molecular weight is 483 g/mol. The Morgan fingerprint density at radius 1 is 1.06 bits per heavy atom. The maximum Gasteiger partial charge on any atom is 0.411 e. The van der Waals surface area contributed by atoms with Gasteiger partial charge in [-0.25, -0.2) is 9.59 Å². The normalized spacial score (nSPS) is 14.3. The third-order valence-electron chi connectivity index (χ3n) is 6.45. The van der Waals surface area contributed by atoms with Crippen molar-refractivity contribution in [1.82, 2.24) is 9.80 Å². The Labute approximate surface area is 208 Å². The van der Waals surface area contributed by atoms with E-state index in [9.17, 15) is 9.59 Å². The molecule has 35 heavy (non-hydrogen) atoms. The molecule has 3 rings (SSSR count). The van der Waals surface area contributed by atoms with Crippen LogP contribution in [0.15, 0.2) is 48.5 Å². The van der Waals surface area contributed by atoms with Gasteiger partial charge < -0.3 is 30.3 Å². The number of carbonyl (C=O) groups is 2. The number of hydrogen-bond donors (Lipinski definition) is 2. The number of nitrogens with zero attached hydrogens (tertiary/aromatic N) is 2. The van der Waals surface area contributed by atoms with Crippen LogP contribution in [-0.4, -0.2) is 47.8 Å². The second-order valence-corrected chi connectivity index (χ2v) is 10.1. The monoisotopic (exact) mass is 482 g/mol. The largest absolute Gasteiger partial charge is 0.445 e. The van der Waals surface area contributed by atoms with Crippen LogP contribution in [0.4, 0.5) is 21.0 Å². The predicted octanol–water partition coefficient (Wildman–Crippen LogP) is 5.44. The number of benzene rings is 2. The number of rotatable bonds is 8. The van der Waals surface area contributed by atoms with Gasteiger partial charge in [0.05, 0.1) is 11.4 Å². The van der Waals surface area contributed by atoms with Crippen LogP contribution in [0.3, 0.4) is 0 Å². The zero-order valence-corrected chi connectivity index (χ0v) is 21.3. The lowest BCUT2D eigenvalue weighted by molar-refractivity contribution is 0.0540. The maximum absolute atomic E-state index is 13.1. The molecule has 8 heteroatoms. The van der Waals surface area contributed by atoms with Gasteiger partial charge in [0.25, 0.3) is 0 Å². The number of likely N-dealkylation sites (tertiary alicyclic amines) is 1. The lowest BCUT2D eigenvalue weighted by Crippen LogP contribution is -2.45. The lowest BCUT2D eigenvalue weighted by Gasteiger charge is -2.37. The van der Waals surface area contributed by atoms with Gasteiger partial charge in [-0.3, -0.25) is 0 Å². The van der Waals surface area contributed by atoms with E-state index in [1.54, 1.807) is 9.80 Å². The fourth-order valence-electron chi connectivity index (χ4n) is 3.86. The van der Waals surface area contributed by atoms with Gasteiger partial charge in [-0.15, -0.1) is 0 Å². The Morgan fingerprint density at radius 2 is 1.74 bits per heavy atom. The summed E-state index contributed by atoms with van der Waals surface area (Å²) in [6.45, 7) is 10.4. The summed E-state index contributed by atoms with van der Waals surface area (Å²) >= 11 is 0. The fraction of sp³-hybridized carbons (Fsp3) is 0.481. The van der Waals surface area contributed by atoms with Gasteiger partial charge in [0.1, 0.15) is 6.61 Å². The second-order valence-electron chi connectivity index (χ2n) is 10.1. The number of ether oxygens (including phenoxy) is 2. The van der Waals surface area contributed by atoms with Crippen molar-refractivity contribution in [2.75, 3.05) is 30.9 Å². The summed E-state index contributed by atoms with van der Waals surface area (Å²) in [6.07, 6.45) is 1.35. The van der Waals surface area contributed by atoms with Crippen LogP contribution >= 0.6 is 0 Å². The molecule has 0 aromatic heterocycles. The summed E-state index contributed by atoms with van der Waals surface area (Å²) in [5.74, 6) is 0. The molecule has 1 aliphatic heterocycles. The number of nitrogen functional groups attached to an aromatic ring is 1. The Bertz CT molecular complexity index is 984. The van der Waals surface area contributed by atoms with Crippen molar-refractivity contribution in [2.45, 2.75) is 59.7 Å². The van der Waals surface area contributed by atoms with E-state index in [1.807, 2.05) is 55.5 Å². The second kappa shape index (κ2) is 11.8. The van der Waals surface area contributed by atoms with Gasteiger partial charge in [0.15, 0.2) is 6.73 Å². The Hall–Kier alpha value is -3.42. The number of nitrogens with two attached hydrogens (primary N) is 1. The third kappa shape index (κ3) is 7.53. The third-order valence-corrected chi connectivity index (χ3v) is 6.45. The maximum atomic E-state index is 13.1. The predicted molar refractivity (Wildman–Crippen MR) is 138 cm³/mol. The summed E-state index contributed by atoms with van der Waals surface area (Å²) in [5, 5.41) is 3.06. The average Bonchev–Trinajstić information content (AvgIpc) is 3.37. The fourth-order valence-corrected chi connectivity index (χ4v) is 3.86. The van der Waals surface area contributed by atoms with E-state index in [-0.39, 0.29) is 37.0 Å². The molecule has 2 aromatic carbocycles. The van der Waals surface area contributed by atoms with E-state index >= 15 is 0 Å². The summed E-state index contributed by atoms with van der Waals surface area (Å²) in [5.41, 5.74) is 9.13. The molecule has 3 N–H and O–H groups in total. The van der Waals surface area contributed by atoms with Gasteiger partial charge in [0.2, 0.25) is 0 Å². The van der Waals surface area contributed by atoms with Crippen LogP contribution in [0.5, 0.6) is 0 Å². The van der Waals surface area contributed by atoms with E-state index in [0.29, 0.717) is 17.9 Å². The van der Waals surface area contributed by atoms with Crippen molar-refractivity contribution in [1.29, 1.82) is 0 Å². The van der Waals surface area contributed by atoms with Crippen molar-refractivity contribution in [3.63, 3.8) is 0 Å². The molecule has 2 amide bonds. The van der Waals surface area contributed by atoms with E-state index in [4.69, 9.17) is 15.2 Å². The van der Waals surface area contributed by atoms with Crippen molar-refractivity contribution < 1.29 is 19.1 Å². The van der Waals surface area contributed by atoms with Gasteiger partial charge in [-0.2, -0.15) is 0 Å². The molecule has 0 saturated carbocycles. The number of amides is 2. The van der Waals surface area contributed by atoms with Crippen molar-refractivity contribution in [3.05, 3.63) is 59.7 Å². The highest BCUT2D eigenvalue weighted by molar-refractivity contribution is 5.70. The number of nitrogens with one attached hydrogen (secondary N) is 1. The van der Waals surface area contributed by atoms with Crippen LogP contribution in [0.25, 0.3) is 0 Å². The van der Waals surface area contributed by atoms with E-state index in [0.717, 1.165) is 37.1 Å². The van der Waals surface area contributed by atoms with Crippen LogP contribution < -0.4 is 11.1 Å². The highest BCUT2D eigenvalue weighted by Gasteiger charge is 2.31. The van der Waals surface area contributed by atoms with Crippen LogP contribution in [0, 0.1) is 5.41 Å². The zero-order valence-electron chi connectivity index (χ0n) is 21.3. The van der Waals surface area contributed by atoms with Crippen molar-refractivity contribution >= 4 is 23.6 Å². The lowest BCUT2D eigenvalue weighted by atomic mass is 9.87. The number of hydrogen-bond acceptors (Lipinski definition) is 6. The van der Waals surface area contributed by atoms with Crippen molar-refractivity contribution in [3.8, 4) is 0 Å². The van der Waals surface area contributed by atoms with Gasteiger partial charge in [-0.05, 0) is 48.4 Å². The molecular weight excluding hydrogens is 444 g/mol. The SMILES string of the molecule is C[C@H](N(Cc1ccc(NCOC(=O)N2CCCC2)c(N)c1)C(=O)OCc1ccccc1)C(C)(C)C. The molecule has 0 bridgehead atoms. The van der Waals surface area contributed by atoms with Crippen LogP contribution in [0.2, 0.25) is 0 Å². The Balaban J connectivity index is 1.62. The molecule has 190 valence electrons. The molecule has 1 saturated heterocycles. The molecule has 1 fully saturated rings. The molecule has 1 atom stereocenters. The quantitative estimate of drug-likeness (QED) is 0.384. The minimum absolute atomic E-state index is 0.0396. The van der Waals surface area contributed by atoms with Gasteiger partial charge in [-0.1, -0.05) is 57.2 Å². The number of carbonyl (C=O) groups excluding carboxylic acids is 2. The smallest absolute Gasteiger partial charge is 0.411 e. The molecule has 0 spiro atoms. The molecule has 0 radical (unpaired) electrons. The van der Waals surface area contributed by atoms with Crippen LogP contribution in [0.1, 0.15) is 51.7 Å².